The van der Waals surface area contributed by atoms with Crippen molar-refractivity contribution in [1.29, 1.82) is 0 Å². The van der Waals surface area contributed by atoms with Gasteiger partial charge in [-0.05, 0) is 115 Å². The van der Waals surface area contributed by atoms with E-state index in [0.29, 0.717) is 11.1 Å². The highest BCUT2D eigenvalue weighted by Gasteiger charge is 2.39. The average Bonchev–Trinajstić information content (AvgIpc) is 3.40. The average molecular weight is 668 g/mol. The lowest BCUT2D eigenvalue weighted by molar-refractivity contribution is 0.0990. The summed E-state index contributed by atoms with van der Waals surface area (Å²) in [6.07, 6.45) is 1.77. The standard InChI is InChI=1S/C49H33NO2/c1-49(2)43-28-35-14-8-9-15-36(35)29-45(43)50(38-20-17-32(18-21-38)31-10-4-3-5-11-31)44-23-19-37-24-30(16-22-39(37)46(44)49)25-42-47(51)40-26-33-12-6-7-13-34(33)27-41(40)48(42)52/h3-29H,1-2H3. The van der Waals surface area contributed by atoms with Gasteiger partial charge in [0, 0.05) is 22.2 Å². The van der Waals surface area contributed by atoms with E-state index in [-0.39, 0.29) is 22.6 Å². The Labute approximate surface area is 302 Å². The zero-order valence-electron chi connectivity index (χ0n) is 28.9. The van der Waals surface area contributed by atoms with Gasteiger partial charge >= 0.3 is 0 Å². The largest absolute Gasteiger partial charge is 0.310 e. The molecule has 1 aliphatic heterocycles. The number of carbonyl (C=O) groups is 2. The number of fused-ring (bicyclic) bond motifs is 7. The Hall–Kier alpha value is -6.58. The van der Waals surface area contributed by atoms with E-state index in [1.165, 1.54) is 38.7 Å². The normalized spacial score (nSPS) is 14.5. The first-order valence-corrected chi connectivity index (χ1v) is 17.8. The first-order valence-electron chi connectivity index (χ1n) is 17.8. The van der Waals surface area contributed by atoms with Crippen molar-refractivity contribution in [3.05, 3.63) is 191 Å². The van der Waals surface area contributed by atoms with Gasteiger partial charge in [0.1, 0.15) is 0 Å². The maximum absolute atomic E-state index is 13.6. The molecule has 0 saturated carbocycles. The first kappa shape index (κ1) is 30.3. The van der Waals surface area contributed by atoms with Crippen LogP contribution >= 0.6 is 0 Å². The molecule has 1 aliphatic carbocycles. The second-order valence-corrected chi connectivity index (χ2v) is 14.5. The van der Waals surface area contributed by atoms with E-state index >= 15 is 0 Å². The van der Waals surface area contributed by atoms with E-state index in [0.717, 1.165) is 38.5 Å². The van der Waals surface area contributed by atoms with Crippen LogP contribution in [0.3, 0.4) is 0 Å². The van der Waals surface area contributed by atoms with Gasteiger partial charge in [0.05, 0.1) is 16.9 Å². The molecule has 0 radical (unpaired) electrons. The zero-order chi connectivity index (χ0) is 35.1. The third-order valence-electron chi connectivity index (χ3n) is 11.1. The summed E-state index contributed by atoms with van der Waals surface area (Å²) >= 11 is 0. The van der Waals surface area contributed by atoms with E-state index in [1.807, 2.05) is 48.5 Å². The van der Waals surface area contributed by atoms with Crippen molar-refractivity contribution >= 4 is 67.0 Å². The van der Waals surface area contributed by atoms with Crippen molar-refractivity contribution in [2.75, 3.05) is 4.90 Å². The summed E-state index contributed by atoms with van der Waals surface area (Å²) in [5.41, 5.74) is 9.97. The number of anilines is 3. The molecule has 0 amide bonds. The Bertz CT molecular complexity index is 2790. The van der Waals surface area contributed by atoms with Crippen LogP contribution in [0.5, 0.6) is 0 Å². The van der Waals surface area contributed by atoms with E-state index < -0.39 is 0 Å². The number of hydrogen-bond acceptors (Lipinski definition) is 3. The topological polar surface area (TPSA) is 37.4 Å². The van der Waals surface area contributed by atoms with Crippen LogP contribution in [-0.2, 0) is 5.41 Å². The number of Topliss-reactive ketones (excluding diaryl/α,β-unsaturated/α-hetero) is 2. The van der Waals surface area contributed by atoms with E-state index in [9.17, 15) is 9.59 Å². The van der Waals surface area contributed by atoms with Gasteiger partial charge in [-0.15, -0.1) is 0 Å². The molecule has 0 atom stereocenters. The molecule has 2 aliphatic rings. The predicted octanol–water partition coefficient (Wildman–Crippen LogP) is 12.4. The van der Waals surface area contributed by atoms with Gasteiger partial charge in [-0.25, -0.2) is 0 Å². The van der Waals surface area contributed by atoms with Crippen molar-refractivity contribution in [2.45, 2.75) is 19.3 Å². The smallest absolute Gasteiger partial charge is 0.197 e. The number of allylic oxidation sites excluding steroid dienone is 1. The molecular formula is C49H33NO2. The van der Waals surface area contributed by atoms with E-state index in [2.05, 4.69) is 128 Å². The molecule has 0 spiro atoms. The van der Waals surface area contributed by atoms with Crippen molar-refractivity contribution < 1.29 is 9.59 Å². The van der Waals surface area contributed by atoms with Crippen LogP contribution in [0.4, 0.5) is 17.1 Å². The Morgan fingerprint density at radius 1 is 0.500 bits per heavy atom. The molecule has 0 N–H and O–H groups in total. The second kappa shape index (κ2) is 11.2. The molecule has 0 fully saturated rings. The van der Waals surface area contributed by atoms with Crippen molar-refractivity contribution in [2.24, 2.45) is 0 Å². The molecule has 8 aromatic rings. The van der Waals surface area contributed by atoms with Crippen LogP contribution in [0, 0.1) is 0 Å². The summed E-state index contributed by atoms with van der Waals surface area (Å²) in [5.74, 6) is -0.426. The lowest BCUT2D eigenvalue weighted by Gasteiger charge is -2.43. The van der Waals surface area contributed by atoms with Crippen molar-refractivity contribution in [1.82, 2.24) is 0 Å². The van der Waals surface area contributed by atoms with Crippen LogP contribution in [0.2, 0.25) is 0 Å². The van der Waals surface area contributed by atoms with Crippen LogP contribution < -0.4 is 4.90 Å². The number of carbonyl (C=O) groups excluding carboxylic acids is 2. The third kappa shape index (κ3) is 4.52. The quantitative estimate of drug-likeness (QED) is 0.139. The minimum absolute atomic E-state index is 0.213. The molecule has 8 aromatic carbocycles. The summed E-state index contributed by atoms with van der Waals surface area (Å²) in [5, 5.41) is 6.54. The first-order chi connectivity index (χ1) is 25.3. The molecule has 10 rings (SSSR count). The number of nitrogens with zero attached hydrogens (tertiary/aromatic N) is 1. The number of rotatable bonds is 3. The summed E-state index contributed by atoms with van der Waals surface area (Å²) in [4.78, 5) is 29.6. The van der Waals surface area contributed by atoms with Crippen LogP contribution in [0.15, 0.2) is 163 Å². The Balaban J connectivity index is 1.12. The van der Waals surface area contributed by atoms with Gasteiger partial charge in [-0.3, -0.25) is 9.59 Å². The van der Waals surface area contributed by atoms with Gasteiger partial charge < -0.3 is 4.90 Å². The summed E-state index contributed by atoms with van der Waals surface area (Å²) in [6.45, 7) is 4.64. The third-order valence-corrected chi connectivity index (χ3v) is 11.1. The lowest BCUT2D eigenvalue weighted by Crippen LogP contribution is -2.31. The maximum atomic E-state index is 13.6. The van der Waals surface area contributed by atoms with Crippen LogP contribution in [-0.4, -0.2) is 11.6 Å². The minimum Gasteiger partial charge on any atom is -0.310 e. The molecule has 246 valence electrons. The highest BCUT2D eigenvalue weighted by molar-refractivity contribution is 6.42. The highest BCUT2D eigenvalue weighted by Crippen LogP contribution is 2.55. The lowest BCUT2D eigenvalue weighted by atomic mass is 9.71. The molecule has 3 heteroatoms. The molecule has 3 nitrogen and oxygen atoms in total. The Morgan fingerprint density at radius 2 is 1.08 bits per heavy atom. The fraction of sp³-hybridized carbons (Fsp3) is 0.0612. The van der Waals surface area contributed by atoms with Gasteiger partial charge in [-0.1, -0.05) is 123 Å². The fourth-order valence-electron chi connectivity index (χ4n) is 8.47. The molecule has 0 aromatic heterocycles. The predicted molar refractivity (Wildman–Crippen MR) is 214 cm³/mol. The second-order valence-electron chi connectivity index (χ2n) is 14.5. The van der Waals surface area contributed by atoms with Gasteiger partial charge in [0.15, 0.2) is 11.6 Å². The van der Waals surface area contributed by atoms with E-state index in [1.54, 1.807) is 6.08 Å². The zero-order valence-corrected chi connectivity index (χ0v) is 28.9. The van der Waals surface area contributed by atoms with Crippen LogP contribution in [0.1, 0.15) is 51.3 Å². The summed E-state index contributed by atoms with van der Waals surface area (Å²) < 4.78 is 0. The van der Waals surface area contributed by atoms with Gasteiger partial charge in [-0.2, -0.15) is 0 Å². The Kier molecular flexibility index (Phi) is 6.53. The number of benzene rings is 8. The summed E-state index contributed by atoms with van der Waals surface area (Å²) in [7, 11) is 0. The molecule has 52 heavy (non-hydrogen) atoms. The molecule has 0 unspecified atom stereocenters. The monoisotopic (exact) mass is 667 g/mol. The highest BCUT2D eigenvalue weighted by atomic mass is 16.2. The molecular weight excluding hydrogens is 635 g/mol. The maximum Gasteiger partial charge on any atom is 0.197 e. The van der Waals surface area contributed by atoms with Crippen molar-refractivity contribution in [3.8, 4) is 11.1 Å². The minimum atomic E-state index is -0.324. The number of hydrogen-bond donors (Lipinski definition) is 0. The van der Waals surface area contributed by atoms with Gasteiger partial charge in [0.2, 0.25) is 0 Å². The molecule has 0 bridgehead atoms. The number of ketones is 2. The molecule has 0 saturated heterocycles. The summed E-state index contributed by atoms with van der Waals surface area (Å²) in [6, 6.07) is 54.9. The van der Waals surface area contributed by atoms with Crippen LogP contribution in [0.25, 0.3) is 49.5 Å². The molecule has 1 heterocycles. The SMILES string of the molecule is CC1(C)c2cc3ccccc3cc2N(c2ccc(-c3ccccc3)cc2)c2ccc3cc(C=C4C(=O)c5cc6ccccc6cc5C4=O)ccc3c21. The van der Waals surface area contributed by atoms with Crippen molar-refractivity contribution in [3.63, 3.8) is 0 Å². The van der Waals surface area contributed by atoms with E-state index in [4.69, 9.17) is 0 Å². The van der Waals surface area contributed by atoms with Gasteiger partial charge in [0.25, 0.3) is 0 Å². The Morgan fingerprint density at radius 3 is 1.73 bits per heavy atom. The fourth-order valence-corrected chi connectivity index (χ4v) is 8.47.